The minimum Gasteiger partial charge on any atom is -0.480 e. The Balaban J connectivity index is 2.28. The van der Waals surface area contributed by atoms with Gasteiger partial charge in [0, 0.05) is 5.57 Å². The van der Waals surface area contributed by atoms with Crippen molar-refractivity contribution in [3.05, 3.63) is 59.2 Å². The molecule has 1 atom stereocenters. The van der Waals surface area contributed by atoms with Crippen LogP contribution in [0, 0.1) is 11.6 Å². The number of halogens is 2. The Bertz CT molecular complexity index is 1360. The highest BCUT2D eigenvalue weighted by Gasteiger charge is 2.27. The topological polar surface area (TPSA) is 212 Å². The molecule has 13 nitrogen and oxygen atoms in total. The van der Waals surface area contributed by atoms with Crippen LogP contribution >= 0.6 is 8.25 Å². The number of carboxylic acid groups (broad SMARTS) is 1. The van der Waals surface area contributed by atoms with Gasteiger partial charge in [-0.1, -0.05) is 0 Å². The monoisotopic (exact) mass is 562 g/mol. The van der Waals surface area contributed by atoms with Crippen LogP contribution in [0.5, 0.6) is 11.5 Å². The van der Waals surface area contributed by atoms with E-state index >= 15 is 0 Å². The summed E-state index contributed by atoms with van der Waals surface area (Å²) in [5.41, 5.74) is 10.2. The molecule has 2 aromatic carbocycles. The largest absolute Gasteiger partial charge is 0.480 e. The van der Waals surface area contributed by atoms with Crippen LogP contribution in [0.15, 0.2) is 51.9 Å². The number of benzene rings is 2. The van der Waals surface area contributed by atoms with Crippen molar-refractivity contribution >= 4 is 42.2 Å². The summed E-state index contributed by atoms with van der Waals surface area (Å²) >= 11 is 0. The van der Waals surface area contributed by atoms with Gasteiger partial charge in [0.15, 0.2) is 23.3 Å². The van der Waals surface area contributed by atoms with E-state index in [0.717, 1.165) is 42.5 Å². The Kier molecular flexibility index (Phi) is 9.99. The number of carbonyl (C=O) groups is 2. The van der Waals surface area contributed by atoms with Crippen LogP contribution in [0.4, 0.5) is 8.78 Å². The fourth-order valence-corrected chi connectivity index (χ4v) is 4.31. The van der Waals surface area contributed by atoms with Crippen molar-refractivity contribution in [2.24, 2.45) is 16.5 Å². The average Bonchev–Trinajstić information content (AvgIpc) is 2.78. The highest BCUT2D eigenvalue weighted by atomic mass is 32.2. The van der Waals surface area contributed by atoms with Gasteiger partial charge in [0.05, 0.1) is 4.90 Å². The lowest BCUT2D eigenvalue weighted by molar-refractivity contribution is -0.137. The number of hydrogen-bond acceptors (Lipinski definition) is 7. The highest BCUT2D eigenvalue weighted by Crippen LogP contribution is 2.30. The quantitative estimate of drug-likeness (QED) is 0.101. The molecule has 0 saturated carbocycles. The first-order valence-electron chi connectivity index (χ1n) is 9.87. The van der Waals surface area contributed by atoms with E-state index in [4.69, 9.17) is 26.2 Å². The third-order valence-corrected chi connectivity index (χ3v) is 6.46. The smallest absolute Gasteiger partial charge is 0.318 e. The van der Waals surface area contributed by atoms with Crippen LogP contribution in [0.2, 0.25) is 0 Å². The van der Waals surface area contributed by atoms with Gasteiger partial charge in [-0.3, -0.25) is 18.7 Å². The third kappa shape index (κ3) is 8.44. The number of aliphatic imine (C=N–C) groups is 1. The van der Waals surface area contributed by atoms with Gasteiger partial charge in [0.25, 0.3) is 5.91 Å². The SMILES string of the molecule is C/C(=C\c1cc(F)c(Oc2ccc(S(=O)(=O)N(CO[PH](=O)O)CC(=O)O)cc2)c(F)c1)C(=O)N=C(N)N. The number of guanidine groups is 1. The maximum atomic E-state index is 14.5. The van der Waals surface area contributed by atoms with Gasteiger partial charge in [-0.15, -0.1) is 0 Å². The predicted octanol–water partition coefficient (Wildman–Crippen LogP) is 1.39. The summed E-state index contributed by atoms with van der Waals surface area (Å²) < 4.78 is 75.0. The molecule has 17 heteroatoms. The molecule has 200 valence electrons. The van der Waals surface area contributed by atoms with Crippen molar-refractivity contribution in [2.45, 2.75) is 11.8 Å². The van der Waals surface area contributed by atoms with E-state index in [2.05, 4.69) is 9.52 Å². The molecule has 37 heavy (non-hydrogen) atoms. The van der Waals surface area contributed by atoms with Crippen LogP contribution in [0.3, 0.4) is 0 Å². The summed E-state index contributed by atoms with van der Waals surface area (Å²) in [5, 5.41) is 8.93. The van der Waals surface area contributed by atoms with Crippen molar-refractivity contribution < 1.29 is 50.6 Å². The number of aliphatic carboxylic acids is 1. The molecule has 0 aliphatic rings. The lowest BCUT2D eigenvalue weighted by Crippen LogP contribution is -2.36. The molecular weight excluding hydrogens is 541 g/mol. The van der Waals surface area contributed by atoms with E-state index in [-0.39, 0.29) is 16.9 Å². The Morgan fingerprint density at radius 3 is 2.22 bits per heavy atom. The minimum absolute atomic E-state index is 0.00788. The molecular formula is C20H21F2N4O9PS. The fourth-order valence-electron chi connectivity index (χ4n) is 2.70. The number of sulfonamides is 1. The lowest BCUT2D eigenvalue weighted by Gasteiger charge is -2.19. The second kappa shape index (κ2) is 12.5. The molecule has 1 unspecified atom stereocenters. The normalized spacial score (nSPS) is 12.7. The number of hydrogen-bond donors (Lipinski definition) is 4. The molecule has 0 aliphatic heterocycles. The molecule has 0 heterocycles. The standard InChI is InChI=1S/C20H21F2N4O9PS/c1-11(19(29)25-20(23)24)6-12-7-15(21)18(16(22)8-12)35-13-2-4-14(5-3-13)37(32,33)26(9-17(27)28)10-34-36(30)31/h2-8,36H,9-10H2,1H3,(H,27,28)(H,30,31)(H4,23,24,25,29)/b11-6+. The Labute approximate surface area is 209 Å². The van der Waals surface area contributed by atoms with Gasteiger partial charge in [0.2, 0.25) is 10.0 Å². The summed E-state index contributed by atoms with van der Waals surface area (Å²) in [6.07, 6.45) is 1.14. The van der Waals surface area contributed by atoms with Gasteiger partial charge >= 0.3 is 14.2 Å². The Morgan fingerprint density at radius 1 is 1.16 bits per heavy atom. The van der Waals surface area contributed by atoms with Crippen molar-refractivity contribution in [3.8, 4) is 11.5 Å². The Hall–Kier alpha value is -3.69. The number of nitrogens with two attached hydrogens (primary N) is 2. The minimum atomic E-state index is -4.50. The summed E-state index contributed by atoms with van der Waals surface area (Å²) in [7, 11) is -8.05. The summed E-state index contributed by atoms with van der Waals surface area (Å²) in [4.78, 5) is 34.4. The van der Waals surface area contributed by atoms with Crippen molar-refractivity contribution in [1.29, 1.82) is 0 Å². The third-order valence-electron chi connectivity index (χ3n) is 4.30. The maximum Gasteiger partial charge on any atom is 0.318 e. The number of ether oxygens (including phenoxy) is 1. The van der Waals surface area contributed by atoms with E-state index in [1.54, 1.807) is 0 Å². The first kappa shape index (κ1) is 29.5. The average molecular weight is 562 g/mol. The zero-order chi connectivity index (χ0) is 27.9. The van der Waals surface area contributed by atoms with Gasteiger partial charge in [-0.2, -0.15) is 9.30 Å². The summed E-state index contributed by atoms with van der Waals surface area (Å²) in [6, 6.07) is 5.78. The lowest BCUT2D eigenvalue weighted by atomic mass is 10.1. The first-order valence-corrected chi connectivity index (χ1v) is 12.6. The zero-order valence-electron chi connectivity index (χ0n) is 18.9. The van der Waals surface area contributed by atoms with Gasteiger partial charge in [-0.05, 0) is 55.0 Å². The predicted molar refractivity (Wildman–Crippen MR) is 126 cm³/mol. The van der Waals surface area contributed by atoms with Crippen molar-refractivity contribution in [2.75, 3.05) is 13.3 Å². The number of rotatable bonds is 11. The molecule has 0 aromatic heterocycles. The van der Waals surface area contributed by atoms with E-state index in [9.17, 15) is 31.4 Å². The molecule has 6 N–H and O–H groups in total. The second-order valence-electron chi connectivity index (χ2n) is 7.10. The molecule has 1 amide bonds. The zero-order valence-corrected chi connectivity index (χ0v) is 20.7. The maximum absolute atomic E-state index is 14.5. The number of nitrogens with zero attached hydrogens (tertiary/aromatic N) is 2. The molecule has 0 radical (unpaired) electrons. The molecule has 0 spiro atoms. The molecule has 2 rings (SSSR count). The number of carboxylic acids is 1. The van der Waals surface area contributed by atoms with Crippen LogP contribution in [0.25, 0.3) is 6.08 Å². The summed E-state index contributed by atoms with van der Waals surface area (Å²) in [6.45, 7) is -0.738. The van der Waals surface area contributed by atoms with Crippen molar-refractivity contribution in [1.82, 2.24) is 4.31 Å². The highest BCUT2D eigenvalue weighted by molar-refractivity contribution is 7.89. The van der Waals surface area contributed by atoms with Crippen LogP contribution in [-0.4, -0.2) is 53.8 Å². The Morgan fingerprint density at radius 2 is 1.73 bits per heavy atom. The van der Waals surface area contributed by atoms with Crippen LogP contribution < -0.4 is 16.2 Å². The fraction of sp³-hybridized carbons (Fsp3) is 0.150. The van der Waals surface area contributed by atoms with Crippen LogP contribution in [0.1, 0.15) is 12.5 Å². The van der Waals surface area contributed by atoms with Gasteiger partial charge in [0.1, 0.15) is 19.0 Å². The van der Waals surface area contributed by atoms with E-state index < -0.39 is 71.7 Å². The van der Waals surface area contributed by atoms with Crippen LogP contribution in [-0.2, 0) is 28.7 Å². The first-order chi connectivity index (χ1) is 17.2. The molecule has 0 bridgehead atoms. The molecule has 0 fully saturated rings. The molecule has 0 saturated heterocycles. The van der Waals surface area contributed by atoms with Gasteiger partial charge in [-0.25, -0.2) is 17.2 Å². The second-order valence-corrected chi connectivity index (χ2v) is 9.86. The van der Waals surface area contributed by atoms with E-state index in [0.29, 0.717) is 4.31 Å². The van der Waals surface area contributed by atoms with Gasteiger partial charge < -0.3 is 26.2 Å². The van der Waals surface area contributed by atoms with E-state index in [1.165, 1.54) is 6.92 Å². The summed E-state index contributed by atoms with van der Waals surface area (Å²) in [5.74, 6) is -6.14. The molecule has 0 aliphatic carbocycles. The number of amides is 1. The van der Waals surface area contributed by atoms with E-state index in [1.807, 2.05) is 0 Å². The number of carbonyl (C=O) groups excluding carboxylic acids is 1. The van der Waals surface area contributed by atoms with Crippen molar-refractivity contribution in [3.63, 3.8) is 0 Å². The molecule has 2 aromatic rings.